The number of benzene rings is 1. The molecular formula is C18H22N2. The van der Waals surface area contributed by atoms with Crippen molar-refractivity contribution in [3.8, 4) is 11.3 Å². The molecule has 0 bridgehead atoms. The summed E-state index contributed by atoms with van der Waals surface area (Å²) in [6.45, 7) is 4.04. The quantitative estimate of drug-likeness (QED) is 0.779. The third-order valence-corrected chi connectivity index (χ3v) is 4.31. The Kier molecular flexibility index (Phi) is 3.81. The highest BCUT2D eigenvalue weighted by Crippen LogP contribution is 2.34. The van der Waals surface area contributed by atoms with E-state index in [-0.39, 0.29) is 0 Å². The molecule has 1 heterocycles. The molecule has 2 heteroatoms. The van der Waals surface area contributed by atoms with Crippen LogP contribution in [0, 0.1) is 13.8 Å². The van der Waals surface area contributed by atoms with Crippen molar-refractivity contribution < 1.29 is 0 Å². The fraction of sp³-hybridized carbons (Fsp3) is 0.444. The minimum atomic E-state index is 0.738. The summed E-state index contributed by atoms with van der Waals surface area (Å²) in [6.07, 6.45) is 8.66. The molecule has 0 saturated heterocycles. The molecule has 0 spiro atoms. The molecule has 1 aliphatic carbocycles. The predicted molar refractivity (Wildman–Crippen MR) is 82.8 cm³/mol. The first kappa shape index (κ1) is 13.3. The van der Waals surface area contributed by atoms with Gasteiger partial charge in [0.1, 0.15) is 0 Å². The molecule has 0 amide bonds. The van der Waals surface area contributed by atoms with Crippen LogP contribution in [0.4, 0.5) is 0 Å². The van der Waals surface area contributed by atoms with Crippen molar-refractivity contribution >= 4 is 0 Å². The van der Waals surface area contributed by atoms with Crippen LogP contribution in [0.5, 0.6) is 0 Å². The first-order valence-electron chi connectivity index (χ1n) is 7.64. The van der Waals surface area contributed by atoms with E-state index in [1.54, 1.807) is 0 Å². The van der Waals surface area contributed by atoms with Gasteiger partial charge in [-0.2, -0.15) is 0 Å². The van der Waals surface area contributed by atoms with Gasteiger partial charge in [-0.15, -0.1) is 0 Å². The van der Waals surface area contributed by atoms with Crippen LogP contribution in [0.2, 0.25) is 0 Å². The first-order chi connectivity index (χ1) is 9.74. The third kappa shape index (κ3) is 2.74. The molecule has 1 aromatic carbocycles. The second-order valence-corrected chi connectivity index (χ2v) is 5.91. The molecule has 1 aliphatic rings. The van der Waals surface area contributed by atoms with E-state index in [1.807, 2.05) is 20.0 Å². The number of aromatic nitrogens is 2. The zero-order valence-electron chi connectivity index (χ0n) is 12.4. The van der Waals surface area contributed by atoms with Gasteiger partial charge in [-0.1, -0.05) is 37.5 Å². The molecule has 3 rings (SSSR count). The highest BCUT2D eigenvalue weighted by Gasteiger charge is 2.16. The lowest BCUT2D eigenvalue weighted by Gasteiger charge is -2.22. The second kappa shape index (κ2) is 5.74. The number of aryl methyl sites for hydroxylation is 2. The van der Waals surface area contributed by atoms with E-state index in [4.69, 9.17) is 0 Å². The monoisotopic (exact) mass is 266 g/mol. The zero-order valence-corrected chi connectivity index (χ0v) is 12.4. The van der Waals surface area contributed by atoms with Gasteiger partial charge in [0.15, 0.2) is 0 Å². The predicted octanol–water partition coefficient (Wildman–Crippen LogP) is 4.81. The van der Waals surface area contributed by atoms with Crippen LogP contribution < -0.4 is 0 Å². The minimum Gasteiger partial charge on any atom is -0.257 e. The molecule has 1 fully saturated rings. The summed E-state index contributed by atoms with van der Waals surface area (Å²) in [5, 5.41) is 0. The molecule has 2 nitrogen and oxygen atoms in total. The smallest absolute Gasteiger partial charge is 0.0917 e. The number of hydrogen-bond acceptors (Lipinski definition) is 2. The van der Waals surface area contributed by atoms with Crippen LogP contribution in [0.25, 0.3) is 11.3 Å². The van der Waals surface area contributed by atoms with Crippen molar-refractivity contribution in [1.29, 1.82) is 0 Å². The lowest BCUT2D eigenvalue weighted by atomic mass is 9.83. The van der Waals surface area contributed by atoms with Crippen molar-refractivity contribution in [1.82, 2.24) is 9.97 Å². The largest absolute Gasteiger partial charge is 0.257 e. The molecule has 0 atom stereocenters. The number of rotatable bonds is 2. The maximum atomic E-state index is 4.67. The average molecular weight is 266 g/mol. The Morgan fingerprint density at radius 2 is 1.85 bits per heavy atom. The maximum absolute atomic E-state index is 4.67. The second-order valence-electron chi connectivity index (χ2n) is 5.91. The maximum Gasteiger partial charge on any atom is 0.0917 e. The van der Waals surface area contributed by atoms with Crippen LogP contribution in [0.15, 0.2) is 30.5 Å². The Morgan fingerprint density at radius 1 is 1.05 bits per heavy atom. The Hall–Kier alpha value is -1.70. The van der Waals surface area contributed by atoms with Crippen molar-refractivity contribution in [3.63, 3.8) is 0 Å². The molecular weight excluding hydrogens is 244 g/mol. The van der Waals surface area contributed by atoms with Gasteiger partial charge in [0, 0.05) is 11.8 Å². The van der Waals surface area contributed by atoms with E-state index >= 15 is 0 Å². The zero-order chi connectivity index (χ0) is 13.9. The van der Waals surface area contributed by atoms with E-state index in [9.17, 15) is 0 Å². The van der Waals surface area contributed by atoms with Gasteiger partial charge < -0.3 is 0 Å². The average Bonchev–Trinajstić information content (AvgIpc) is 2.51. The van der Waals surface area contributed by atoms with Gasteiger partial charge in [-0.25, -0.2) is 4.98 Å². The molecule has 0 radical (unpaired) electrons. The van der Waals surface area contributed by atoms with Gasteiger partial charge >= 0.3 is 0 Å². The molecule has 1 aromatic heterocycles. The Balaban J connectivity index is 1.96. The molecule has 104 valence electrons. The summed E-state index contributed by atoms with van der Waals surface area (Å²) in [5.41, 5.74) is 5.71. The number of hydrogen-bond donors (Lipinski definition) is 0. The SMILES string of the molecule is Cc1cnc(C)c(-c2cccc(C3CCCCC3)c2)n1. The standard InChI is InChI=1S/C18H22N2/c1-13-12-19-14(2)18(20-13)17-10-6-9-16(11-17)15-7-4-3-5-8-15/h6,9-12,15H,3-5,7-8H2,1-2H3. The van der Waals surface area contributed by atoms with Crippen molar-refractivity contribution in [2.75, 3.05) is 0 Å². The summed E-state index contributed by atoms with van der Waals surface area (Å²) in [4.78, 5) is 9.10. The van der Waals surface area contributed by atoms with E-state index in [0.717, 1.165) is 23.0 Å². The summed E-state index contributed by atoms with van der Waals surface area (Å²) in [5.74, 6) is 0.738. The van der Waals surface area contributed by atoms with Gasteiger partial charge in [-0.05, 0) is 44.2 Å². The van der Waals surface area contributed by atoms with Gasteiger partial charge in [0.25, 0.3) is 0 Å². The molecule has 2 aromatic rings. The van der Waals surface area contributed by atoms with Crippen LogP contribution in [0.1, 0.15) is 55.0 Å². The lowest BCUT2D eigenvalue weighted by Crippen LogP contribution is -2.04. The summed E-state index contributed by atoms with van der Waals surface area (Å²) < 4.78 is 0. The fourth-order valence-electron chi connectivity index (χ4n) is 3.19. The first-order valence-corrected chi connectivity index (χ1v) is 7.64. The van der Waals surface area contributed by atoms with Crippen LogP contribution in [0.3, 0.4) is 0 Å². The van der Waals surface area contributed by atoms with Crippen molar-refractivity contribution in [2.45, 2.75) is 51.9 Å². The Morgan fingerprint density at radius 3 is 2.65 bits per heavy atom. The highest BCUT2D eigenvalue weighted by molar-refractivity contribution is 5.62. The van der Waals surface area contributed by atoms with E-state index in [1.165, 1.54) is 43.2 Å². The molecule has 1 saturated carbocycles. The summed E-state index contributed by atoms with van der Waals surface area (Å²) in [6, 6.07) is 8.93. The summed E-state index contributed by atoms with van der Waals surface area (Å²) >= 11 is 0. The molecule has 0 N–H and O–H groups in total. The summed E-state index contributed by atoms with van der Waals surface area (Å²) in [7, 11) is 0. The molecule has 0 unspecified atom stereocenters. The van der Waals surface area contributed by atoms with Crippen LogP contribution in [-0.4, -0.2) is 9.97 Å². The van der Waals surface area contributed by atoms with Gasteiger partial charge in [0.05, 0.1) is 17.1 Å². The molecule has 20 heavy (non-hydrogen) atoms. The van der Waals surface area contributed by atoms with E-state index < -0.39 is 0 Å². The van der Waals surface area contributed by atoms with Crippen LogP contribution in [-0.2, 0) is 0 Å². The minimum absolute atomic E-state index is 0.738. The molecule has 0 aliphatic heterocycles. The van der Waals surface area contributed by atoms with E-state index in [0.29, 0.717) is 0 Å². The normalized spacial score (nSPS) is 16.3. The van der Waals surface area contributed by atoms with Crippen molar-refractivity contribution in [2.24, 2.45) is 0 Å². The third-order valence-electron chi connectivity index (χ3n) is 4.31. The Labute approximate surface area is 121 Å². The topological polar surface area (TPSA) is 25.8 Å². The fourth-order valence-corrected chi connectivity index (χ4v) is 3.19. The van der Waals surface area contributed by atoms with Crippen LogP contribution >= 0.6 is 0 Å². The lowest BCUT2D eigenvalue weighted by molar-refractivity contribution is 0.443. The van der Waals surface area contributed by atoms with Gasteiger partial charge in [0.2, 0.25) is 0 Å². The van der Waals surface area contributed by atoms with E-state index in [2.05, 4.69) is 34.2 Å². The Bertz CT molecular complexity index is 598. The van der Waals surface area contributed by atoms with Crippen molar-refractivity contribution in [3.05, 3.63) is 47.4 Å². The number of nitrogens with zero attached hydrogens (tertiary/aromatic N) is 2. The highest BCUT2D eigenvalue weighted by atomic mass is 14.8. The van der Waals surface area contributed by atoms with Gasteiger partial charge in [-0.3, -0.25) is 4.98 Å².